The molecule has 104 valence electrons. The second-order valence-corrected chi connectivity index (χ2v) is 4.15. The Morgan fingerprint density at radius 1 is 1.33 bits per heavy atom. The molecule has 0 spiro atoms. The van der Waals surface area contributed by atoms with Crippen molar-refractivity contribution in [2.45, 2.75) is 37.6 Å². The van der Waals surface area contributed by atoms with Crippen molar-refractivity contribution in [2.24, 2.45) is 0 Å². The monoisotopic (exact) mass is 269 g/mol. The number of likely N-dealkylation sites (N-methyl/N-ethyl adjacent to an activating group) is 1. The summed E-state index contributed by atoms with van der Waals surface area (Å²) in [6, 6.07) is 0. The van der Waals surface area contributed by atoms with Gasteiger partial charge in [0.1, 0.15) is 6.10 Å². The highest BCUT2D eigenvalue weighted by Gasteiger charge is 2.37. The van der Waals surface area contributed by atoms with Crippen LogP contribution in [0.1, 0.15) is 19.3 Å². The molecule has 0 radical (unpaired) electrons. The Morgan fingerprint density at radius 3 is 2.33 bits per heavy atom. The van der Waals surface area contributed by atoms with E-state index >= 15 is 0 Å². The largest absolute Gasteiger partial charge is 0.479 e. The van der Waals surface area contributed by atoms with E-state index in [-0.39, 0.29) is 12.8 Å². The van der Waals surface area contributed by atoms with Crippen molar-refractivity contribution in [3.63, 3.8) is 0 Å². The van der Waals surface area contributed by atoms with Crippen molar-refractivity contribution < 1.29 is 32.6 Å². The van der Waals surface area contributed by atoms with Crippen molar-refractivity contribution in [3.8, 4) is 0 Å². The van der Waals surface area contributed by atoms with Crippen molar-refractivity contribution >= 4 is 11.9 Å². The highest BCUT2D eigenvalue weighted by molar-refractivity contribution is 5.82. The van der Waals surface area contributed by atoms with E-state index in [4.69, 9.17) is 9.84 Å². The van der Waals surface area contributed by atoms with Gasteiger partial charge in [0.25, 0.3) is 5.91 Å². The lowest BCUT2D eigenvalue weighted by molar-refractivity contribution is -0.156. The molecular weight excluding hydrogens is 255 g/mol. The second kappa shape index (κ2) is 5.55. The lowest BCUT2D eigenvalue weighted by atomic mass is 10.2. The van der Waals surface area contributed by atoms with Crippen molar-refractivity contribution in [3.05, 3.63) is 0 Å². The number of nitrogens with zero attached hydrogens (tertiary/aromatic N) is 1. The summed E-state index contributed by atoms with van der Waals surface area (Å²) < 4.78 is 40.9. The first kappa shape index (κ1) is 14.7. The number of ether oxygens (including phenoxy) is 1. The summed E-state index contributed by atoms with van der Waals surface area (Å²) in [5, 5.41) is 8.66. The van der Waals surface area contributed by atoms with Crippen LogP contribution in [0.4, 0.5) is 13.2 Å². The zero-order chi connectivity index (χ0) is 13.9. The summed E-state index contributed by atoms with van der Waals surface area (Å²) in [6.07, 6.45) is -7.01. The molecule has 0 aromatic rings. The van der Waals surface area contributed by atoms with E-state index in [0.717, 1.165) is 4.90 Å². The zero-order valence-electron chi connectivity index (χ0n) is 9.74. The van der Waals surface area contributed by atoms with E-state index in [9.17, 15) is 22.8 Å². The Labute approximate surface area is 102 Å². The van der Waals surface area contributed by atoms with Gasteiger partial charge in [0.15, 0.2) is 6.10 Å². The molecule has 1 N–H and O–H groups in total. The number of amides is 1. The molecule has 1 aliphatic rings. The number of rotatable bonds is 4. The number of hydrogen-bond donors (Lipinski definition) is 1. The predicted octanol–water partition coefficient (Wildman–Crippen LogP) is 1.03. The molecule has 0 aliphatic carbocycles. The maximum absolute atomic E-state index is 12.0. The lowest BCUT2D eigenvalue weighted by Crippen LogP contribution is -2.38. The molecular formula is C10H14F3NO4. The Kier molecular flexibility index (Phi) is 4.55. The molecule has 8 heteroatoms. The average molecular weight is 269 g/mol. The molecule has 5 nitrogen and oxygen atoms in total. The smallest absolute Gasteiger partial charge is 0.390 e. The maximum atomic E-state index is 12.0. The first-order chi connectivity index (χ1) is 8.20. The van der Waals surface area contributed by atoms with Crippen LogP contribution in [0.3, 0.4) is 0 Å². The molecule has 0 bridgehead atoms. The van der Waals surface area contributed by atoms with Crippen LogP contribution in [0.2, 0.25) is 0 Å². The Hall–Kier alpha value is -1.31. The van der Waals surface area contributed by atoms with Gasteiger partial charge >= 0.3 is 12.1 Å². The molecule has 0 aromatic carbocycles. The summed E-state index contributed by atoms with van der Waals surface area (Å²) in [6.45, 7) is -0.458. The van der Waals surface area contributed by atoms with Gasteiger partial charge in [-0.05, 0) is 12.8 Å². The fourth-order valence-corrected chi connectivity index (χ4v) is 1.65. The van der Waals surface area contributed by atoms with Crippen LogP contribution in [0.15, 0.2) is 0 Å². The molecule has 1 saturated heterocycles. The van der Waals surface area contributed by atoms with Gasteiger partial charge in [-0.15, -0.1) is 0 Å². The lowest BCUT2D eigenvalue weighted by Gasteiger charge is -2.21. The van der Waals surface area contributed by atoms with E-state index in [2.05, 4.69) is 0 Å². The molecule has 2 atom stereocenters. The van der Waals surface area contributed by atoms with Crippen LogP contribution in [0, 0.1) is 0 Å². The third kappa shape index (κ3) is 4.17. The second-order valence-electron chi connectivity index (χ2n) is 4.15. The van der Waals surface area contributed by atoms with Gasteiger partial charge in [-0.3, -0.25) is 4.79 Å². The van der Waals surface area contributed by atoms with Crippen LogP contribution in [-0.2, 0) is 14.3 Å². The van der Waals surface area contributed by atoms with Gasteiger partial charge in [-0.1, -0.05) is 0 Å². The number of hydrogen-bond acceptors (Lipinski definition) is 3. The molecule has 0 saturated carbocycles. The summed E-state index contributed by atoms with van der Waals surface area (Å²) in [4.78, 5) is 23.2. The summed E-state index contributed by atoms with van der Waals surface area (Å²) in [5.41, 5.74) is 0. The number of halogens is 3. The Balaban J connectivity index is 2.43. The molecule has 1 rings (SSSR count). The third-order valence-electron chi connectivity index (χ3n) is 2.68. The third-order valence-corrected chi connectivity index (χ3v) is 2.68. The number of aliphatic carboxylic acids is 1. The van der Waals surface area contributed by atoms with Crippen LogP contribution in [0.25, 0.3) is 0 Å². The predicted molar refractivity (Wildman–Crippen MR) is 53.8 cm³/mol. The molecule has 18 heavy (non-hydrogen) atoms. The minimum atomic E-state index is -4.32. The van der Waals surface area contributed by atoms with Crippen molar-refractivity contribution in [1.82, 2.24) is 4.90 Å². The number of carboxylic acid groups (broad SMARTS) is 1. The molecule has 0 unspecified atom stereocenters. The summed E-state index contributed by atoms with van der Waals surface area (Å²) >= 11 is 0. The minimum absolute atomic E-state index is 0.193. The van der Waals surface area contributed by atoms with Gasteiger partial charge in [0, 0.05) is 13.6 Å². The molecule has 1 amide bonds. The molecule has 1 heterocycles. The number of carbonyl (C=O) groups excluding carboxylic acids is 1. The highest BCUT2D eigenvalue weighted by Crippen LogP contribution is 2.23. The summed E-state index contributed by atoms with van der Waals surface area (Å²) in [7, 11) is 1.24. The van der Waals surface area contributed by atoms with Crippen LogP contribution in [0.5, 0.6) is 0 Å². The number of carboxylic acids is 1. The number of carbonyl (C=O) groups is 2. The SMILES string of the molecule is CN(CCC(F)(F)F)C(=O)[C@@H]1CC[C@H](C(=O)O)O1. The minimum Gasteiger partial charge on any atom is -0.479 e. The van der Waals surface area contributed by atoms with Gasteiger partial charge in [-0.2, -0.15) is 13.2 Å². The molecule has 1 fully saturated rings. The van der Waals surface area contributed by atoms with Crippen LogP contribution >= 0.6 is 0 Å². The zero-order valence-corrected chi connectivity index (χ0v) is 9.74. The maximum Gasteiger partial charge on any atom is 0.390 e. The van der Waals surface area contributed by atoms with E-state index in [1.807, 2.05) is 0 Å². The van der Waals surface area contributed by atoms with E-state index in [0.29, 0.717) is 0 Å². The van der Waals surface area contributed by atoms with Gasteiger partial charge in [0.05, 0.1) is 6.42 Å². The number of alkyl halides is 3. The Morgan fingerprint density at radius 2 is 1.89 bits per heavy atom. The van der Waals surface area contributed by atoms with E-state index in [1.54, 1.807) is 0 Å². The van der Waals surface area contributed by atoms with Crippen LogP contribution < -0.4 is 0 Å². The fraction of sp³-hybridized carbons (Fsp3) is 0.800. The van der Waals surface area contributed by atoms with Crippen molar-refractivity contribution in [2.75, 3.05) is 13.6 Å². The first-order valence-electron chi connectivity index (χ1n) is 5.40. The molecule has 0 aromatic heterocycles. The first-order valence-corrected chi connectivity index (χ1v) is 5.40. The van der Waals surface area contributed by atoms with E-state index < -0.39 is 43.2 Å². The van der Waals surface area contributed by atoms with Gasteiger partial charge in [0.2, 0.25) is 0 Å². The fourth-order valence-electron chi connectivity index (χ4n) is 1.65. The standard InChI is InChI=1S/C10H14F3NO4/c1-14(5-4-10(11,12)13)8(15)6-2-3-7(18-6)9(16)17/h6-7H,2-5H2,1H3,(H,16,17)/t6-,7+/m0/s1. The highest BCUT2D eigenvalue weighted by atomic mass is 19.4. The normalized spacial score (nSPS) is 24.0. The average Bonchev–Trinajstić information content (AvgIpc) is 2.73. The van der Waals surface area contributed by atoms with Crippen LogP contribution in [-0.4, -0.2) is 53.9 Å². The van der Waals surface area contributed by atoms with Gasteiger partial charge in [-0.25, -0.2) is 4.79 Å². The van der Waals surface area contributed by atoms with Crippen molar-refractivity contribution in [1.29, 1.82) is 0 Å². The summed E-state index contributed by atoms with van der Waals surface area (Å²) in [5.74, 6) is -1.77. The topological polar surface area (TPSA) is 66.8 Å². The van der Waals surface area contributed by atoms with E-state index in [1.165, 1.54) is 7.05 Å². The van der Waals surface area contributed by atoms with Gasteiger partial charge < -0.3 is 14.7 Å². The molecule has 1 aliphatic heterocycles. The Bertz CT molecular complexity index is 332. The quantitative estimate of drug-likeness (QED) is 0.827.